The molecule has 0 spiro atoms. The summed E-state index contributed by atoms with van der Waals surface area (Å²) in [4.78, 5) is 17.0. The first-order valence-electron chi connectivity index (χ1n) is 8.52. The normalized spacial score (nSPS) is 11.7. The first kappa shape index (κ1) is 14.6. The third-order valence-electron chi connectivity index (χ3n) is 4.63. The monoisotopic (exact) mass is 368 g/mol. The number of hydrogen-bond acceptors (Lipinski definition) is 5. The van der Waals surface area contributed by atoms with Crippen molar-refractivity contribution >= 4 is 43.7 Å². The van der Waals surface area contributed by atoms with Crippen molar-refractivity contribution in [2.75, 3.05) is 0 Å². The van der Waals surface area contributed by atoms with E-state index in [1.807, 2.05) is 54.0 Å². The zero-order valence-electron chi connectivity index (χ0n) is 14.0. The van der Waals surface area contributed by atoms with Gasteiger partial charge < -0.3 is 9.40 Å². The Balaban J connectivity index is 1.46. The highest BCUT2D eigenvalue weighted by molar-refractivity contribution is 7.17. The van der Waals surface area contributed by atoms with E-state index in [4.69, 9.17) is 9.40 Å². The minimum Gasteiger partial charge on any atom is -0.454 e. The smallest absolute Gasteiger partial charge is 0.153 e. The standard InChI is InChI=1S/C21H12N4OS/c1-2-13-16(22-6-1)9-17(24-13)14-3-4-19-18(25-14)10-20(26-19)12-8-21-15(23-11-12)5-7-27-21/h1-11,24H. The molecule has 0 aromatic carbocycles. The van der Waals surface area contributed by atoms with Gasteiger partial charge in [-0.05, 0) is 47.8 Å². The quantitative estimate of drug-likeness (QED) is 0.429. The van der Waals surface area contributed by atoms with E-state index < -0.39 is 0 Å². The van der Waals surface area contributed by atoms with Gasteiger partial charge in [-0.1, -0.05) is 0 Å². The largest absolute Gasteiger partial charge is 0.454 e. The second-order valence-corrected chi connectivity index (χ2v) is 7.29. The van der Waals surface area contributed by atoms with Crippen LogP contribution in [0.1, 0.15) is 0 Å². The summed E-state index contributed by atoms with van der Waals surface area (Å²) < 4.78 is 7.15. The van der Waals surface area contributed by atoms with Crippen LogP contribution in [0, 0.1) is 0 Å². The number of furan rings is 1. The van der Waals surface area contributed by atoms with Crippen molar-refractivity contribution in [3.8, 4) is 22.7 Å². The number of H-pyrrole nitrogens is 1. The average molecular weight is 368 g/mol. The summed E-state index contributed by atoms with van der Waals surface area (Å²) in [6, 6.07) is 15.9. The highest BCUT2D eigenvalue weighted by atomic mass is 32.1. The number of rotatable bonds is 2. The molecule has 0 bridgehead atoms. The Bertz CT molecular complexity index is 1410. The zero-order valence-corrected chi connectivity index (χ0v) is 14.8. The van der Waals surface area contributed by atoms with Gasteiger partial charge in [-0.25, -0.2) is 4.98 Å². The lowest BCUT2D eigenvalue weighted by Crippen LogP contribution is -1.82. The molecule has 128 valence electrons. The molecule has 0 saturated heterocycles. The van der Waals surface area contributed by atoms with Crippen LogP contribution >= 0.6 is 11.3 Å². The van der Waals surface area contributed by atoms with Crippen LogP contribution in [0.15, 0.2) is 70.7 Å². The lowest BCUT2D eigenvalue weighted by atomic mass is 10.2. The average Bonchev–Trinajstić information content (AvgIpc) is 3.42. The molecule has 0 amide bonds. The van der Waals surface area contributed by atoms with Crippen molar-refractivity contribution < 1.29 is 4.42 Å². The molecule has 0 aliphatic rings. The van der Waals surface area contributed by atoms with Crippen LogP contribution in [0.2, 0.25) is 0 Å². The van der Waals surface area contributed by atoms with Gasteiger partial charge in [-0.3, -0.25) is 9.97 Å². The fourth-order valence-corrected chi connectivity index (χ4v) is 4.07. The van der Waals surface area contributed by atoms with Crippen LogP contribution in [0.25, 0.3) is 55.1 Å². The van der Waals surface area contributed by atoms with Crippen LogP contribution in [-0.4, -0.2) is 19.9 Å². The second-order valence-electron chi connectivity index (χ2n) is 6.34. The van der Waals surface area contributed by atoms with Gasteiger partial charge in [0.15, 0.2) is 5.58 Å². The van der Waals surface area contributed by atoms with Gasteiger partial charge in [-0.2, -0.15) is 0 Å². The summed E-state index contributed by atoms with van der Waals surface area (Å²) in [5, 5.41) is 2.04. The Morgan fingerprint density at radius 2 is 1.93 bits per heavy atom. The van der Waals surface area contributed by atoms with E-state index >= 15 is 0 Å². The number of aromatic amines is 1. The number of hydrogen-bond donors (Lipinski definition) is 1. The molecule has 6 aromatic heterocycles. The summed E-state index contributed by atoms with van der Waals surface area (Å²) in [5.74, 6) is 0.774. The molecule has 0 atom stereocenters. The van der Waals surface area contributed by atoms with Gasteiger partial charge in [0.25, 0.3) is 0 Å². The first-order chi connectivity index (χ1) is 13.3. The number of aromatic nitrogens is 4. The fraction of sp³-hybridized carbons (Fsp3) is 0. The van der Waals surface area contributed by atoms with Gasteiger partial charge in [0, 0.05) is 24.0 Å². The van der Waals surface area contributed by atoms with E-state index in [0.29, 0.717) is 0 Å². The second kappa shape index (κ2) is 5.49. The predicted molar refractivity (Wildman–Crippen MR) is 108 cm³/mol. The van der Waals surface area contributed by atoms with Crippen molar-refractivity contribution in [1.82, 2.24) is 19.9 Å². The van der Waals surface area contributed by atoms with E-state index in [1.54, 1.807) is 17.5 Å². The highest BCUT2D eigenvalue weighted by Crippen LogP contribution is 2.31. The van der Waals surface area contributed by atoms with Crippen molar-refractivity contribution in [2.24, 2.45) is 0 Å². The summed E-state index contributed by atoms with van der Waals surface area (Å²) >= 11 is 1.67. The van der Waals surface area contributed by atoms with Crippen LogP contribution < -0.4 is 0 Å². The van der Waals surface area contributed by atoms with Crippen molar-refractivity contribution in [3.63, 3.8) is 0 Å². The zero-order chi connectivity index (χ0) is 17.8. The van der Waals surface area contributed by atoms with Crippen LogP contribution in [-0.2, 0) is 0 Å². The highest BCUT2D eigenvalue weighted by Gasteiger charge is 2.12. The van der Waals surface area contributed by atoms with Crippen LogP contribution in [0.4, 0.5) is 0 Å². The summed E-state index contributed by atoms with van der Waals surface area (Å²) in [7, 11) is 0. The Kier molecular flexibility index (Phi) is 2.98. The first-order valence-corrected chi connectivity index (χ1v) is 9.40. The molecule has 0 unspecified atom stereocenters. The summed E-state index contributed by atoms with van der Waals surface area (Å²) in [6.45, 7) is 0. The van der Waals surface area contributed by atoms with Crippen LogP contribution in [0.5, 0.6) is 0 Å². The van der Waals surface area contributed by atoms with E-state index in [2.05, 4.69) is 21.0 Å². The molecule has 0 saturated carbocycles. The molecular weight excluding hydrogens is 356 g/mol. The molecule has 6 heterocycles. The molecule has 6 heteroatoms. The number of nitrogens with zero attached hydrogens (tertiary/aromatic N) is 3. The van der Waals surface area contributed by atoms with E-state index in [1.165, 1.54) is 0 Å². The molecule has 0 aliphatic carbocycles. The maximum atomic E-state index is 6.01. The number of pyridine rings is 3. The van der Waals surface area contributed by atoms with Gasteiger partial charge in [0.1, 0.15) is 11.3 Å². The van der Waals surface area contributed by atoms with Crippen molar-refractivity contribution in [2.45, 2.75) is 0 Å². The molecule has 0 fully saturated rings. The third kappa shape index (κ3) is 2.34. The van der Waals surface area contributed by atoms with Crippen LogP contribution in [0.3, 0.4) is 0 Å². The lowest BCUT2D eigenvalue weighted by molar-refractivity contribution is 0.631. The summed E-state index contributed by atoms with van der Waals surface area (Å²) in [6.07, 6.45) is 3.63. The van der Waals surface area contributed by atoms with Gasteiger partial charge in [0.05, 0.1) is 32.6 Å². The molecule has 1 N–H and O–H groups in total. The molecule has 6 rings (SSSR count). The minimum atomic E-state index is 0.759. The Hall–Kier alpha value is -3.51. The molecular formula is C21H12N4OS. The SMILES string of the molecule is c1cnc2cc(-c3ccc4oc(-c5cnc6ccsc6c5)cc4n3)[nH]c2c1. The van der Waals surface area contributed by atoms with Gasteiger partial charge >= 0.3 is 0 Å². The van der Waals surface area contributed by atoms with Crippen molar-refractivity contribution in [3.05, 3.63) is 66.3 Å². The fourth-order valence-electron chi connectivity index (χ4n) is 3.29. The molecule has 27 heavy (non-hydrogen) atoms. The summed E-state index contributed by atoms with van der Waals surface area (Å²) in [5.41, 5.74) is 7.27. The predicted octanol–water partition coefficient (Wildman–Crippen LogP) is 5.65. The maximum absolute atomic E-state index is 6.01. The van der Waals surface area contributed by atoms with Gasteiger partial charge in [0.2, 0.25) is 0 Å². The molecule has 6 aromatic rings. The van der Waals surface area contributed by atoms with Gasteiger partial charge in [-0.15, -0.1) is 11.3 Å². The Morgan fingerprint density at radius 3 is 2.89 bits per heavy atom. The maximum Gasteiger partial charge on any atom is 0.153 e. The van der Waals surface area contributed by atoms with E-state index in [0.717, 1.165) is 55.1 Å². The third-order valence-corrected chi connectivity index (χ3v) is 5.48. The Morgan fingerprint density at radius 1 is 0.926 bits per heavy atom. The molecule has 0 aliphatic heterocycles. The molecule has 0 radical (unpaired) electrons. The Labute approximate surface area is 157 Å². The lowest BCUT2D eigenvalue weighted by Gasteiger charge is -1.96. The number of nitrogens with one attached hydrogen (secondary N) is 1. The van der Waals surface area contributed by atoms with E-state index in [9.17, 15) is 0 Å². The minimum absolute atomic E-state index is 0.759. The topological polar surface area (TPSA) is 67.6 Å². The number of fused-ring (bicyclic) bond motifs is 3. The molecule has 5 nitrogen and oxygen atoms in total. The van der Waals surface area contributed by atoms with E-state index in [-0.39, 0.29) is 0 Å². The van der Waals surface area contributed by atoms with Crippen molar-refractivity contribution in [1.29, 1.82) is 0 Å². The number of thiophene rings is 1.